The van der Waals surface area contributed by atoms with Crippen LogP contribution in [0, 0.1) is 0 Å². The van der Waals surface area contributed by atoms with E-state index in [9.17, 15) is 29.7 Å². The number of carboxylic acids is 1. The van der Waals surface area contributed by atoms with Crippen LogP contribution in [0.2, 0.25) is 0 Å². The lowest BCUT2D eigenvalue weighted by Gasteiger charge is -2.45. The first kappa shape index (κ1) is 21.3. The minimum Gasteiger partial charge on any atom is -0.477 e. The Morgan fingerprint density at radius 1 is 1.36 bits per heavy atom. The topological polar surface area (TPSA) is 172 Å². The van der Waals surface area contributed by atoms with Crippen LogP contribution in [0.3, 0.4) is 0 Å². The summed E-state index contributed by atoms with van der Waals surface area (Å²) >= 11 is 0. The SMILES string of the molecule is COC(COC(C)=O)C(O)[C@@H]1OC(O)(C(=O)O)C[C@H](O)[C@H]1NC(C)=O. The molecule has 25 heavy (non-hydrogen) atoms. The van der Waals surface area contributed by atoms with E-state index in [0.717, 1.165) is 13.8 Å². The predicted molar refractivity (Wildman–Crippen MR) is 79.1 cm³/mol. The lowest BCUT2D eigenvalue weighted by molar-refractivity contribution is -0.295. The number of rotatable bonds is 7. The number of aliphatic hydroxyl groups excluding tert-OH is 2. The van der Waals surface area contributed by atoms with Gasteiger partial charge in [0.15, 0.2) is 0 Å². The van der Waals surface area contributed by atoms with Crippen LogP contribution in [0.4, 0.5) is 0 Å². The summed E-state index contributed by atoms with van der Waals surface area (Å²) in [5, 5.41) is 42.1. The van der Waals surface area contributed by atoms with Crippen molar-refractivity contribution in [1.29, 1.82) is 0 Å². The monoisotopic (exact) mass is 365 g/mol. The van der Waals surface area contributed by atoms with Gasteiger partial charge < -0.3 is 40.0 Å². The number of hydrogen-bond acceptors (Lipinski definition) is 9. The van der Waals surface area contributed by atoms with E-state index in [0.29, 0.717) is 0 Å². The van der Waals surface area contributed by atoms with Crippen molar-refractivity contribution in [1.82, 2.24) is 5.32 Å². The van der Waals surface area contributed by atoms with Gasteiger partial charge in [-0.3, -0.25) is 9.59 Å². The zero-order chi connectivity index (χ0) is 19.4. The van der Waals surface area contributed by atoms with Crippen molar-refractivity contribution in [3.05, 3.63) is 0 Å². The molecular weight excluding hydrogens is 342 g/mol. The summed E-state index contributed by atoms with van der Waals surface area (Å²) < 4.78 is 14.8. The molecule has 11 nitrogen and oxygen atoms in total. The Hall–Kier alpha value is -1.79. The molecule has 5 N–H and O–H groups in total. The van der Waals surface area contributed by atoms with Gasteiger partial charge in [-0.15, -0.1) is 0 Å². The molecular formula is C14H23NO10. The summed E-state index contributed by atoms with van der Waals surface area (Å²) in [6.45, 7) is 1.91. The van der Waals surface area contributed by atoms with Gasteiger partial charge in [0.1, 0.15) is 24.9 Å². The van der Waals surface area contributed by atoms with E-state index in [4.69, 9.17) is 19.3 Å². The van der Waals surface area contributed by atoms with Crippen molar-refractivity contribution in [3.63, 3.8) is 0 Å². The Labute approximate surface area is 143 Å². The van der Waals surface area contributed by atoms with Crippen molar-refractivity contribution in [2.24, 2.45) is 0 Å². The number of carboxylic acid groups (broad SMARTS) is 1. The van der Waals surface area contributed by atoms with E-state index in [2.05, 4.69) is 5.32 Å². The third kappa shape index (κ3) is 5.34. The summed E-state index contributed by atoms with van der Waals surface area (Å²) in [6, 6.07) is -1.22. The Kier molecular flexibility index (Phi) is 7.26. The maximum absolute atomic E-state index is 11.3. The molecule has 0 aromatic heterocycles. The predicted octanol–water partition coefficient (Wildman–Crippen LogP) is -2.65. The number of ether oxygens (including phenoxy) is 3. The van der Waals surface area contributed by atoms with Crippen LogP contribution >= 0.6 is 0 Å². The van der Waals surface area contributed by atoms with Crippen LogP contribution < -0.4 is 5.32 Å². The van der Waals surface area contributed by atoms with E-state index in [-0.39, 0.29) is 6.61 Å². The lowest BCUT2D eigenvalue weighted by Crippen LogP contribution is -2.67. The molecule has 0 saturated carbocycles. The lowest BCUT2D eigenvalue weighted by atomic mass is 9.88. The first-order chi connectivity index (χ1) is 11.5. The minimum atomic E-state index is -2.76. The number of carbonyl (C=O) groups is 3. The van der Waals surface area contributed by atoms with Crippen molar-refractivity contribution in [3.8, 4) is 0 Å². The standard InChI is InChI=1S/C14H23NO10/c1-6(16)15-10-8(18)4-14(22,13(20)21)25-12(10)11(19)9(23-3)5-24-7(2)17/h8-12,18-19,22H,4-5H2,1-3H3,(H,15,16)(H,20,21)/t8-,9?,10+,11?,12+,14?/m0/s1. The number of aliphatic hydroxyl groups is 3. The van der Waals surface area contributed by atoms with E-state index in [1.54, 1.807) is 0 Å². The van der Waals surface area contributed by atoms with E-state index in [1.807, 2.05) is 0 Å². The van der Waals surface area contributed by atoms with Crippen LogP contribution in [0.1, 0.15) is 20.3 Å². The second-order valence-electron chi connectivity index (χ2n) is 5.74. The molecule has 0 radical (unpaired) electrons. The van der Waals surface area contributed by atoms with E-state index < -0.39 is 60.5 Å². The molecule has 0 bridgehead atoms. The fourth-order valence-electron chi connectivity index (χ4n) is 2.53. The van der Waals surface area contributed by atoms with Gasteiger partial charge in [-0.25, -0.2) is 4.79 Å². The molecule has 11 heteroatoms. The van der Waals surface area contributed by atoms with Crippen molar-refractivity contribution < 1.29 is 49.0 Å². The van der Waals surface area contributed by atoms with Gasteiger partial charge in [-0.1, -0.05) is 0 Å². The number of esters is 1. The van der Waals surface area contributed by atoms with Gasteiger partial charge in [-0.2, -0.15) is 0 Å². The highest BCUT2D eigenvalue weighted by atomic mass is 16.7. The molecule has 1 fully saturated rings. The molecule has 1 heterocycles. The first-order valence-electron chi connectivity index (χ1n) is 7.44. The highest BCUT2D eigenvalue weighted by Gasteiger charge is 2.54. The quantitative estimate of drug-likeness (QED) is 0.300. The number of amides is 1. The number of aliphatic carboxylic acids is 1. The molecule has 144 valence electrons. The molecule has 1 rings (SSSR count). The number of hydrogen-bond donors (Lipinski definition) is 5. The largest absolute Gasteiger partial charge is 0.477 e. The maximum atomic E-state index is 11.3. The van der Waals surface area contributed by atoms with E-state index in [1.165, 1.54) is 7.11 Å². The molecule has 1 saturated heterocycles. The fourth-order valence-corrected chi connectivity index (χ4v) is 2.53. The summed E-state index contributed by atoms with van der Waals surface area (Å²) in [6.07, 6.45) is -6.59. The Morgan fingerprint density at radius 2 is 1.96 bits per heavy atom. The van der Waals surface area contributed by atoms with Crippen LogP contribution in [0.5, 0.6) is 0 Å². The fraction of sp³-hybridized carbons (Fsp3) is 0.786. The summed E-state index contributed by atoms with van der Waals surface area (Å²) in [4.78, 5) is 33.5. The van der Waals surface area contributed by atoms with Gasteiger partial charge in [0.05, 0.1) is 12.1 Å². The third-order valence-electron chi connectivity index (χ3n) is 3.76. The van der Waals surface area contributed by atoms with Crippen LogP contribution in [-0.2, 0) is 28.6 Å². The van der Waals surface area contributed by atoms with Crippen molar-refractivity contribution >= 4 is 17.8 Å². The van der Waals surface area contributed by atoms with Gasteiger partial charge in [0.2, 0.25) is 5.91 Å². The zero-order valence-corrected chi connectivity index (χ0v) is 14.0. The van der Waals surface area contributed by atoms with E-state index >= 15 is 0 Å². The van der Waals surface area contributed by atoms with Crippen LogP contribution in [0.15, 0.2) is 0 Å². The smallest absolute Gasteiger partial charge is 0.364 e. The number of methoxy groups -OCH3 is 1. The Bertz CT molecular complexity index is 512. The molecule has 1 aliphatic rings. The van der Waals surface area contributed by atoms with Crippen molar-refractivity contribution in [2.75, 3.05) is 13.7 Å². The molecule has 0 aromatic carbocycles. The number of nitrogens with one attached hydrogen (secondary N) is 1. The highest BCUT2D eigenvalue weighted by Crippen LogP contribution is 2.31. The second kappa shape index (κ2) is 8.54. The molecule has 6 atom stereocenters. The summed E-state index contributed by atoms with van der Waals surface area (Å²) in [5.74, 6) is -5.74. The summed E-state index contributed by atoms with van der Waals surface area (Å²) in [5.41, 5.74) is 0. The third-order valence-corrected chi connectivity index (χ3v) is 3.76. The molecule has 0 aliphatic carbocycles. The van der Waals surface area contributed by atoms with Crippen LogP contribution in [-0.4, -0.2) is 88.2 Å². The Morgan fingerprint density at radius 3 is 2.40 bits per heavy atom. The second-order valence-corrected chi connectivity index (χ2v) is 5.74. The molecule has 1 aliphatic heterocycles. The van der Waals surface area contributed by atoms with Crippen molar-refractivity contribution in [2.45, 2.75) is 56.5 Å². The maximum Gasteiger partial charge on any atom is 0.364 e. The van der Waals surface area contributed by atoms with Gasteiger partial charge in [-0.05, 0) is 0 Å². The summed E-state index contributed by atoms with van der Waals surface area (Å²) in [7, 11) is 1.20. The normalized spacial score (nSPS) is 31.7. The first-order valence-corrected chi connectivity index (χ1v) is 7.44. The Balaban J connectivity index is 3.08. The zero-order valence-electron chi connectivity index (χ0n) is 14.0. The van der Waals surface area contributed by atoms with Gasteiger partial charge in [0, 0.05) is 27.4 Å². The molecule has 3 unspecified atom stereocenters. The molecule has 0 spiro atoms. The van der Waals surface area contributed by atoms with Gasteiger partial charge in [0.25, 0.3) is 5.79 Å². The molecule has 1 amide bonds. The average molecular weight is 365 g/mol. The number of carbonyl (C=O) groups excluding carboxylic acids is 2. The average Bonchev–Trinajstić information content (AvgIpc) is 2.49. The van der Waals surface area contributed by atoms with Gasteiger partial charge >= 0.3 is 11.9 Å². The van der Waals surface area contributed by atoms with Crippen LogP contribution in [0.25, 0.3) is 0 Å². The highest BCUT2D eigenvalue weighted by molar-refractivity contribution is 5.76. The minimum absolute atomic E-state index is 0.388. The molecule has 0 aromatic rings.